The molecule has 0 aliphatic heterocycles. The second-order valence-corrected chi connectivity index (χ2v) is 6.75. The van der Waals surface area contributed by atoms with Gasteiger partial charge in [0.05, 0.1) is 0 Å². The van der Waals surface area contributed by atoms with Gasteiger partial charge in [-0.15, -0.1) is 0 Å². The average Bonchev–Trinajstić information content (AvgIpc) is 2.32. The Balaban J connectivity index is 2.38. The van der Waals surface area contributed by atoms with Gasteiger partial charge < -0.3 is 0 Å². The van der Waals surface area contributed by atoms with Gasteiger partial charge >= 0.3 is 0 Å². The molecule has 1 heterocycles. The number of nitrogens with zero attached hydrogens (tertiary/aromatic N) is 2. The molecule has 0 saturated carbocycles. The number of benzene rings is 1. The van der Waals surface area contributed by atoms with E-state index in [0.717, 1.165) is 27.7 Å². The van der Waals surface area contributed by atoms with Crippen LogP contribution in [0.25, 0.3) is 0 Å². The minimum Gasteiger partial charge on any atom is -0.237 e. The topological polar surface area (TPSA) is 25.8 Å². The van der Waals surface area contributed by atoms with E-state index in [1.54, 1.807) is 0 Å². The van der Waals surface area contributed by atoms with Crippen LogP contribution in [0.2, 0.25) is 10.2 Å². The van der Waals surface area contributed by atoms with Gasteiger partial charge in [0.1, 0.15) is 11.0 Å². The summed E-state index contributed by atoms with van der Waals surface area (Å²) < 4.78 is 0. The van der Waals surface area contributed by atoms with Crippen LogP contribution in [0.15, 0.2) is 24.3 Å². The zero-order valence-corrected chi connectivity index (χ0v) is 13.7. The molecule has 0 radical (unpaired) electrons. The average molecular weight is 309 g/mol. The Labute approximate surface area is 130 Å². The molecule has 1 aromatic carbocycles. The zero-order chi connectivity index (χ0) is 14.9. The fourth-order valence-corrected chi connectivity index (χ4v) is 2.44. The summed E-state index contributed by atoms with van der Waals surface area (Å²) in [5.41, 5.74) is 2.88. The Morgan fingerprint density at radius 3 is 2.35 bits per heavy atom. The smallest absolute Gasteiger partial charge is 0.136 e. The lowest BCUT2D eigenvalue weighted by Crippen LogP contribution is -2.18. The van der Waals surface area contributed by atoms with Crippen LogP contribution in [0.3, 0.4) is 0 Å². The van der Waals surface area contributed by atoms with Crippen molar-refractivity contribution in [3.05, 3.63) is 57.1 Å². The van der Waals surface area contributed by atoms with Crippen molar-refractivity contribution in [3.8, 4) is 0 Å². The summed E-state index contributed by atoms with van der Waals surface area (Å²) in [5, 5.41) is 1.26. The Morgan fingerprint density at radius 2 is 1.80 bits per heavy atom. The SMILES string of the molecule is Cc1nc(C(C)(C)C)nc(Cl)c1Cc1cccc(Cl)c1. The lowest BCUT2D eigenvalue weighted by Gasteiger charge is -2.19. The van der Waals surface area contributed by atoms with Crippen molar-refractivity contribution in [1.82, 2.24) is 9.97 Å². The molecular weight excluding hydrogens is 291 g/mol. The quantitative estimate of drug-likeness (QED) is 0.731. The summed E-state index contributed by atoms with van der Waals surface area (Å²) in [5.74, 6) is 0.773. The summed E-state index contributed by atoms with van der Waals surface area (Å²) in [6.45, 7) is 8.21. The number of hydrogen-bond donors (Lipinski definition) is 0. The largest absolute Gasteiger partial charge is 0.237 e. The van der Waals surface area contributed by atoms with Crippen LogP contribution in [-0.2, 0) is 11.8 Å². The number of aryl methyl sites for hydroxylation is 1. The summed E-state index contributed by atoms with van der Waals surface area (Å²) in [6.07, 6.45) is 0.690. The number of hydrogen-bond acceptors (Lipinski definition) is 2. The molecule has 4 heteroatoms. The van der Waals surface area contributed by atoms with E-state index in [1.165, 1.54) is 0 Å². The summed E-state index contributed by atoms with van der Waals surface area (Å²) in [4.78, 5) is 9.04. The molecule has 0 N–H and O–H groups in total. The van der Waals surface area contributed by atoms with Gasteiger partial charge in [0.2, 0.25) is 0 Å². The van der Waals surface area contributed by atoms with Crippen LogP contribution in [0, 0.1) is 6.92 Å². The van der Waals surface area contributed by atoms with E-state index < -0.39 is 0 Å². The third kappa shape index (κ3) is 3.50. The van der Waals surface area contributed by atoms with Crippen LogP contribution < -0.4 is 0 Å². The highest BCUT2D eigenvalue weighted by molar-refractivity contribution is 6.30. The molecule has 0 atom stereocenters. The maximum absolute atomic E-state index is 6.35. The molecule has 0 amide bonds. The summed E-state index contributed by atoms with van der Waals surface area (Å²) in [6, 6.07) is 7.76. The minimum atomic E-state index is -0.108. The first kappa shape index (κ1) is 15.3. The van der Waals surface area contributed by atoms with Gasteiger partial charge in [0.15, 0.2) is 0 Å². The number of halogens is 2. The summed E-state index contributed by atoms with van der Waals surface area (Å²) in [7, 11) is 0. The van der Waals surface area contributed by atoms with E-state index in [1.807, 2.05) is 31.2 Å². The van der Waals surface area contributed by atoms with Gasteiger partial charge in [-0.25, -0.2) is 9.97 Å². The van der Waals surface area contributed by atoms with Crippen molar-refractivity contribution in [1.29, 1.82) is 0 Å². The highest BCUT2D eigenvalue weighted by Gasteiger charge is 2.20. The van der Waals surface area contributed by atoms with E-state index in [2.05, 4.69) is 30.7 Å². The third-order valence-electron chi connectivity index (χ3n) is 3.10. The van der Waals surface area contributed by atoms with Crippen molar-refractivity contribution in [3.63, 3.8) is 0 Å². The fraction of sp³-hybridized carbons (Fsp3) is 0.375. The fourth-order valence-electron chi connectivity index (χ4n) is 1.95. The predicted octanol–water partition coefficient (Wildman–Crippen LogP) is 4.98. The Hall–Kier alpha value is -1.12. The van der Waals surface area contributed by atoms with Crippen LogP contribution in [-0.4, -0.2) is 9.97 Å². The lowest BCUT2D eigenvalue weighted by atomic mass is 9.95. The lowest BCUT2D eigenvalue weighted by molar-refractivity contribution is 0.542. The Kier molecular flexibility index (Phi) is 4.36. The highest BCUT2D eigenvalue weighted by atomic mass is 35.5. The zero-order valence-electron chi connectivity index (χ0n) is 12.2. The normalized spacial score (nSPS) is 11.7. The van der Waals surface area contributed by atoms with Crippen molar-refractivity contribution in [2.45, 2.75) is 39.5 Å². The first-order valence-corrected chi connectivity index (χ1v) is 7.31. The van der Waals surface area contributed by atoms with Crippen molar-refractivity contribution < 1.29 is 0 Å². The van der Waals surface area contributed by atoms with Crippen LogP contribution >= 0.6 is 23.2 Å². The monoisotopic (exact) mass is 308 g/mol. The van der Waals surface area contributed by atoms with E-state index in [0.29, 0.717) is 11.6 Å². The molecule has 0 unspecified atom stereocenters. The molecule has 0 aliphatic carbocycles. The van der Waals surface area contributed by atoms with Gasteiger partial charge in [-0.3, -0.25) is 0 Å². The van der Waals surface area contributed by atoms with E-state index in [-0.39, 0.29) is 5.41 Å². The second-order valence-electron chi connectivity index (χ2n) is 5.96. The molecule has 0 saturated heterocycles. The standard InChI is InChI=1S/C16H18Cl2N2/c1-10-13(9-11-6-5-7-12(17)8-11)14(18)20-15(19-10)16(2,3)4/h5-8H,9H2,1-4H3. The van der Waals surface area contributed by atoms with E-state index in [4.69, 9.17) is 23.2 Å². The Morgan fingerprint density at radius 1 is 1.10 bits per heavy atom. The highest BCUT2D eigenvalue weighted by Crippen LogP contribution is 2.26. The first-order chi connectivity index (χ1) is 9.27. The number of rotatable bonds is 2. The van der Waals surface area contributed by atoms with Crippen molar-refractivity contribution >= 4 is 23.2 Å². The Bertz CT molecular complexity index is 608. The first-order valence-electron chi connectivity index (χ1n) is 6.55. The molecule has 20 heavy (non-hydrogen) atoms. The molecule has 2 aromatic rings. The predicted molar refractivity (Wildman–Crippen MR) is 84.7 cm³/mol. The third-order valence-corrected chi connectivity index (χ3v) is 3.65. The molecule has 1 aromatic heterocycles. The van der Waals surface area contributed by atoms with E-state index in [9.17, 15) is 0 Å². The van der Waals surface area contributed by atoms with Crippen LogP contribution in [0.1, 0.15) is 43.4 Å². The molecule has 0 spiro atoms. The molecular formula is C16H18Cl2N2. The minimum absolute atomic E-state index is 0.108. The molecule has 2 nitrogen and oxygen atoms in total. The van der Waals surface area contributed by atoms with Gasteiger partial charge in [-0.05, 0) is 24.6 Å². The maximum atomic E-state index is 6.35. The maximum Gasteiger partial charge on any atom is 0.136 e. The van der Waals surface area contributed by atoms with Gasteiger partial charge in [0.25, 0.3) is 0 Å². The van der Waals surface area contributed by atoms with Crippen molar-refractivity contribution in [2.75, 3.05) is 0 Å². The van der Waals surface area contributed by atoms with Crippen LogP contribution in [0.5, 0.6) is 0 Å². The van der Waals surface area contributed by atoms with Gasteiger partial charge in [-0.2, -0.15) is 0 Å². The molecule has 0 bridgehead atoms. The molecule has 0 aliphatic rings. The second kappa shape index (κ2) is 5.71. The van der Waals surface area contributed by atoms with Gasteiger partial charge in [-0.1, -0.05) is 56.1 Å². The number of aromatic nitrogens is 2. The molecule has 2 rings (SSSR count). The molecule has 0 fully saturated rings. The summed E-state index contributed by atoms with van der Waals surface area (Å²) >= 11 is 12.4. The van der Waals surface area contributed by atoms with Crippen molar-refractivity contribution in [2.24, 2.45) is 0 Å². The molecule has 106 valence electrons. The van der Waals surface area contributed by atoms with Crippen LogP contribution in [0.4, 0.5) is 0 Å². The van der Waals surface area contributed by atoms with Gasteiger partial charge in [0, 0.05) is 28.1 Å². The van der Waals surface area contributed by atoms with E-state index >= 15 is 0 Å².